The summed E-state index contributed by atoms with van der Waals surface area (Å²) in [5, 5.41) is 13.9. The van der Waals surface area contributed by atoms with Crippen molar-refractivity contribution in [2.24, 2.45) is 0 Å². The number of aliphatic hydroxyl groups is 1. The van der Waals surface area contributed by atoms with E-state index in [-0.39, 0.29) is 5.92 Å². The maximum absolute atomic E-state index is 12.8. The van der Waals surface area contributed by atoms with Gasteiger partial charge in [0.05, 0.1) is 25.8 Å². The second kappa shape index (κ2) is 12.8. The summed E-state index contributed by atoms with van der Waals surface area (Å²) in [4.78, 5) is 9.52. The highest BCUT2D eigenvalue weighted by Crippen LogP contribution is 2.48. The number of hydrogen-bond donors (Lipinski definition) is 1. The monoisotopic (exact) mass is 539 g/mol. The summed E-state index contributed by atoms with van der Waals surface area (Å²) < 4.78 is 11.5. The van der Waals surface area contributed by atoms with Crippen molar-refractivity contribution in [3.8, 4) is 5.88 Å². The number of rotatable bonds is 11. The van der Waals surface area contributed by atoms with Crippen molar-refractivity contribution >= 4 is 16.6 Å². The first-order valence-corrected chi connectivity index (χ1v) is 14.3. The molecule has 2 atom stereocenters. The fourth-order valence-corrected chi connectivity index (χ4v) is 5.91. The number of morpholine rings is 1. The van der Waals surface area contributed by atoms with Crippen LogP contribution in [0.1, 0.15) is 41.9 Å². The van der Waals surface area contributed by atoms with Gasteiger partial charge in [-0.2, -0.15) is 0 Å². The average Bonchev–Trinajstić information content (AvgIpc) is 3.00. The Hall–Kier alpha value is -3.45. The number of unbranched alkanes of at least 4 members (excludes halogenated alkanes) is 1. The van der Waals surface area contributed by atoms with Crippen LogP contribution in [0.4, 0.5) is 5.69 Å². The van der Waals surface area contributed by atoms with E-state index < -0.39 is 5.60 Å². The molecule has 3 aromatic carbocycles. The van der Waals surface area contributed by atoms with Crippen molar-refractivity contribution in [2.75, 3.05) is 59.0 Å². The zero-order valence-electron chi connectivity index (χ0n) is 23.9. The Morgan fingerprint density at radius 1 is 0.950 bits per heavy atom. The van der Waals surface area contributed by atoms with Crippen LogP contribution in [0.3, 0.4) is 0 Å². The highest BCUT2D eigenvalue weighted by Gasteiger charge is 2.42. The fraction of sp³-hybridized carbons (Fsp3) is 0.382. The van der Waals surface area contributed by atoms with Crippen molar-refractivity contribution in [1.29, 1.82) is 0 Å². The summed E-state index contributed by atoms with van der Waals surface area (Å²) in [7, 11) is 5.85. The molecule has 1 N–H and O–H groups in total. The lowest BCUT2D eigenvalue weighted by Gasteiger charge is -2.38. The largest absolute Gasteiger partial charge is 0.481 e. The number of nitrogens with zero attached hydrogens (tertiary/aromatic N) is 3. The van der Waals surface area contributed by atoms with E-state index in [0.29, 0.717) is 12.3 Å². The van der Waals surface area contributed by atoms with E-state index >= 15 is 0 Å². The molecule has 6 heteroatoms. The third-order valence-corrected chi connectivity index (χ3v) is 7.97. The van der Waals surface area contributed by atoms with Gasteiger partial charge in [-0.05, 0) is 75.3 Å². The van der Waals surface area contributed by atoms with Crippen molar-refractivity contribution < 1.29 is 14.6 Å². The standard InChI is InChI=1S/C34H41N3O3/c1-36(2)19-11-10-18-34(38,28-14-8-5-9-15-28)32(26-12-6-4-7-13-26)30-25-27-24-29(37-20-22-40-23-21-37)16-17-31(27)35-33(30)39-3/h4-9,12-17,24-25,32,38H,10-11,18-23H2,1-3H3. The van der Waals surface area contributed by atoms with Crippen LogP contribution in [-0.2, 0) is 10.3 Å². The molecular formula is C34H41N3O3. The molecule has 0 saturated carbocycles. The first-order valence-electron chi connectivity index (χ1n) is 14.3. The van der Waals surface area contributed by atoms with E-state index in [1.807, 2.05) is 48.5 Å². The van der Waals surface area contributed by atoms with Gasteiger partial charge < -0.3 is 24.4 Å². The Kier molecular flexibility index (Phi) is 9.00. The lowest BCUT2D eigenvalue weighted by atomic mass is 9.71. The Balaban J connectivity index is 1.66. The topological polar surface area (TPSA) is 58.1 Å². The van der Waals surface area contributed by atoms with Crippen molar-refractivity contribution in [2.45, 2.75) is 30.8 Å². The van der Waals surface area contributed by atoms with Crippen LogP contribution < -0.4 is 9.64 Å². The molecule has 5 rings (SSSR count). The van der Waals surface area contributed by atoms with Gasteiger partial charge in [0.25, 0.3) is 0 Å². The predicted octanol–water partition coefficient (Wildman–Crippen LogP) is 5.83. The van der Waals surface area contributed by atoms with Crippen LogP contribution in [0.25, 0.3) is 10.9 Å². The van der Waals surface area contributed by atoms with Gasteiger partial charge in [-0.15, -0.1) is 0 Å². The normalized spacial score (nSPS) is 16.2. The molecule has 6 nitrogen and oxygen atoms in total. The van der Waals surface area contributed by atoms with E-state index in [1.165, 1.54) is 0 Å². The third-order valence-electron chi connectivity index (χ3n) is 7.97. The minimum atomic E-state index is -1.17. The Bertz CT molecular complexity index is 1370. The number of pyridine rings is 1. The minimum absolute atomic E-state index is 0.380. The van der Waals surface area contributed by atoms with E-state index in [2.05, 4.69) is 60.3 Å². The van der Waals surface area contributed by atoms with Gasteiger partial charge in [-0.3, -0.25) is 0 Å². The van der Waals surface area contributed by atoms with Crippen LogP contribution in [0.5, 0.6) is 5.88 Å². The molecular weight excluding hydrogens is 498 g/mol. The highest BCUT2D eigenvalue weighted by atomic mass is 16.5. The van der Waals surface area contributed by atoms with Gasteiger partial charge in [0, 0.05) is 35.6 Å². The van der Waals surface area contributed by atoms with Crippen molar-refractivity contribution in [3.05, 3.63) is 102 Å². The molecule has 0 aliphatic carbocycles. The van der Waals surface area contributed by atoms with Gasteiger partial charge in [-0.25, -0.2) is 4.98 Å². The Morgan fingerprint density at radius 3 is 2.33 bits per heavy atom. The molecule has 1 aliphatic rings. The van der Waals surface area contributed by atoms with Crippen LogP contribution in [0.15, 0.2) is 84.9 Å². The quantitative estimate of drug-likeness (QED) is 0.242. The SMILES string of the molecule is COc1nc2ccc(N3CCOCC3)cc2cc1C(c1ccccc1)C(O)(CCCCN(C)C)c1ccccc1. The molecule has 1 fully saturated rings. The second-order valence-corrected chi connectivity index (χ2v) is 11.0. The molecule has 0 bridgehead atoms. The maximum atomic E-state index is 12.8. The number of benzene rings is 3. The molecule has 1 aromatic heterocycles. The number of fused-ring (bicyclic) bond motifs is 1. The lowest BCUT2D eigenvalue weighted by Crippen LogP contribution is -2.36. The molecule has 2 unspecified atom stereocenters. The Morgan fingerprint density at radius 2 is 1.65 bits per heavy atom. The number of hydrogen-bond acceptors (Lipinski definition) is 6. The summed E-state index contributed by atoms with van der Waals surface area (Å²) in [5.41, 5.74) is 3.69. The zero-order chi connectivity index (χ0) is 28.0. The summed E-state index contributed by atoms with van der Waals surface area (Å²) in [6.45, 7) is 4.19. The fourth-order valence-electron chi connectivity index (χ4n) is 5.91. The van der Waals surface area contributed by atoms with E-state index in [1.54, 1.807) is 7.11 Å². The molecule has 0 radical (unpaired) electrons. The van der Waals surface area contributed by atoms with Crippen LogP contribution in [0, 0.1) is 0 Å². The van der Waals surface area contributed by atoms with Crippen LogP contribution >= 0.6 is 0 Å². The van der Waals surface area contributed by atoms with E-state index in [0.717, 1.165) is 79.0 Å². The number of ether oxygens (including phenoxy) is 2. The number of anilines is 1. The van der Waals surface area contributed by atoms with E-state index in [9.17, 15) is 5.11 Å². The molecule has 210 valence electrons. The summed E-state index contributed by atoms with van der Waals surface area (Å²) in [6, 6.07) is 29.0. The van der Waals surface area contributed by atoms with Gasteiger partial charge in [0.2, 0.25) is 5.88 Å². The minimum Gasteiger partial charge on any atom is -0.481 e. The highest BCUT2D eigenvalue weighted by molar-refractivity contribution is 5.84. The zero-order valence-corrected chi connectivity index (χ0v) is 23.9. The number of methoxy groups -OCH3 is 1. The maximum Gasteiger partial charge on any atom is 0.217 e. The molecule has 0 spiro atoms. The summed E-state index contributed by atoms with van der Waals surface area (Å²) >= 11 is 0. The van der Waals surface area contributed by atoms with Crippen LogP contribution in [0.2, 0.25) is 0 Å². The smallest absolute Gasteiger partial charge is 0.217 e. The molecule has 4 aromatic rings. The van der Waals surface area contributed by atoms with Gasteiger partial charge in [0.1, 0.15) is 5.60 Å². The second-order valence-electron chi connectivity index (χ2n) is 11.0. The summed E-state index contributed by atoms with van der Waals surface area (Å²) in [5.74, 6) is 0.164. The average molecular weight is 540 g/mol. The first kappa shape index (κ1) is 28.1. The first-order chi connectivity index (χ1) is 19.5. The van der Waals surface area contributed by atoms with Gasteiger partial charge in [0.15, 0.2) is 0 Å². The molecule has 1 aliphatic heterocycles. The van der Waals surface area contributed by atoms with E-state index in [4.69, 9.17) is 14.5 Å². The van der Waals surface area contributed by atoms with Crippen LogP contribution in [-0.4, -0.2) is 69.0 Å². The molecule has 0 amide bonds. The number of aromatic nitrogens is 1. The molecule has 1 saturated heterocycles. The van der Waals surface area contributed by atoms with Crippen molar-refractivity contribution in [1.82, 2.24) is 9.88 Å². The summed E-state index contributed by atoms with van der Waals surface area (Å²) in [6.07, 6.45) is 2.50. The van der Waals surface area contributed by atoms with Gasteiger partial charge in [-0.1, -0.05) is 60.7 Å². The Labute approximate surface area is 238 Å². The van der Waals surface area contributed by atoms with Crippen molar-refractivity contribution in [3.63, 3.8) is 0 Å². The predicted molar refractivity (Wildman–Crippen MR) is 162 cm³/mol. The van der Waals surface area contributed by atoms with Gasteiger partial charge >= 0.3 is 0 Å². The molecule has 40 heavy (non-hydrogen) atoms. The lowest BCUT2D eigenvalue weighted by molar-refractivity contribution is 0.00678. The molecule has 2 heterocycles. The third kappa shape index (κ3) is 6.15.